The molecule has 0 atom stereocenters. The van der Waals surface area contributed by atoms with Gasteiger partial charge in [-0.1, -0.05) is 18.6 Å². The summed E-state index contributed by atoms with van der Waals surface area (Å²) in [5, 5.41) is 16.3. The second-order valence-corrected chi connectivity index (χ2v) is 9.20. The number of fused-ring (bicyclic) bond motifs is 1. The maximum Gasteiger partial charge on any atom is 0.276 e. The average Bonchev–Trinajstić information content (AvgIpc) is 3.36. The number of nitrogens with two attached hydrogens (primary N) is 1. The number of rotatable bonds is 10. The van der Waals surface area contributed by atoms with Gasteiger partial charge in [0.25, 0.3) is 11.8 Å². The molecule has 0 saturated heterocycles. The molecule has 1 aliphatic heterocycles. The molecule has 0 radical (unpaired) electrons. The van der Waals surface area contributed by atoms with E-state index in [9.17, 15) is 18.8 Å². The van der Waals surface area contributed by atoms with Crippen molar-refractivity contribution in [1.29, 1.82) is 0 Å². The van der Waals surface area contributed by atoms with Gasteiger partial charge >= 0.3 is 0 Å². The summed E-state index contributed by atoms with van der Waals surface area (Å²) in [6.07, 6.45) is 3.99. The van der Waals surface area contributed by atoms with Gasteiger partial charge in [-0.2, -0.15) is 5.10 Å². The van der Waals surface area contributed by atoms with Crippen LogP contribution in [0.15, 0.2) is 52.7 Å². The highest BCUT2D eigenvalue weighted by atomic mass is 19.1. The fraction of sp³-hybridized carbons (Fsp3) is 0.250. The first-order chi connectivity index (χ1) is 18.7. The van der Waals surface area contributed by atoms with Gasteiger partial charge in [0, 0.05) is 24.2 Å². The third-order valence-electron chi connectivity index (χ3n) is 6.35. The molecule has 1 aliphatic rings. The number of aromatic nitrogens is 1. The Morgan fingerprint density at radius 1 is 1.10 bits per heavy atom. The number of benzene rings is 2. The maximum atomic E-state index is 13.6. The number of H-pyrrole nitrogens is 1. The Kier molecular flexibility index (Phi) is 8.50. The van der Waals surface area contributed by atoms with Gasteiger partial charge in [-0.25, -0.2) is 4.39 Å². The minimum atomic E-state index is -0.479. The number of aromatic amines is 1. The molecule has 0 bridgehead atoms. The highest BCUT2D eigenvalue weighted by Gasteiger charge is 2.26. The van der Waals surface area contributed by atoms with Crippen LogP contribution in [0.25, 0.3) is 0 Å². The fourth-order valence-corrected chi connectivity index (χ4v) is 4.31. The Morgan fingerprint density at radius 3 is 2.69 bits per heavy atom. The summed E-state index contributed by atoms with van der Waals surface area (Å²) in [4.78, 5) is 40.2. The number of aryl methyl sites for hydroxylation is 1. The Bertz CT molecular complexity index is 1480. The molecule has 11 heteroatoms. The number of halogens is 1. The van der Waals surface area contributed by atoms with Crippen molar-refractivity contribution >= 4 is 46.7 Å². The van der Waals surface area contributed by atoms with Crippen molar-refractivity contribution in [3.05, 3.63) is 76.4 Å². The lowest BCUT2D eigenvalue weighted by Crippen LogP contribution is -2.25. The van der Waals surface area contributed by atoms with Crippen LogP contribution in [0, 0.1) is 19.7 Å². The number of anilines is 3. The van der Waals surface area contributed by atoms with Crippen molar-refractivity contribution in [2.45, 2.75) is 39.5 Å². The largest absolute Gasteiger partial charge is 0.397 e. The molecule has 3 amide bonds. The highest BCUT2D eigenvalue weighted by molar-refractivity contribution is 6.53. The lowest BCUT2D eigenvalue weighted by Gasteiger charge is -2.08. The number of hydrogen-bond donors (Lipinski definition) is 5. The second-order valence-electron chi connectivity index (χ2n) is 9.20. The van der Waals surface area contributed by atoms with Crippen LogP contribution in [0.3, 0.4) is 0 Å². The zero-order valence-electron chi connectivity index (χ0n) is 21.7. The van der Waals surface area contributed by atoms with Gasteiger partial charge in [-0.05, 0) is 62.6 Å². The smallest absolute Gasteiger partial charge is 0.276 e. The van der Waals surface area contributed by atoms with E-state index in [0.717, 1.165) is 12.8 Å². The van der Waals surface area contributed by atoms with Crippen molar-refractivity contribution in [3.8, 4) is 0 Å². The number of nitrogens with one attached hydrogen (secondary N) is 4. The zero-order valence-corrected chi connectivity index (χ0v) is 21.7. The Labute approximate surface area is 225 Å². The molecule has 39 heavy (non-hydrogen) atoms. The summed E-state index contributed by atoms with van der Waals surface area (Å²) in [6.45, 7) is 4.04. The SMILES string of the molecule is Cc1[nH]c(/C=N/N=C2\C(=O)Nc3ccc(F)cc32)c(C)c1C(=O)NCCCCCC(=O)Nc1ccccc1N. The van der Waals surface area contributed by atoms with E-state index in [2.05, 4.69) is 31.1 Å². The number of nitrogen functional groups attached to an aromatic ring is 1. The zero-order chi connectivity index (χ0) is 27.9. The van der Waals surface area contributed by atoms with E-state index in [4.69, 9.17) is 5.73 Å². The number of hydrogen-bond acceptors (Lipinski definition) is 6. The van der Waals surface area contributed by atoms with Crippen LogP contribution in [0.1, 0.15) is 58.6 Å². The number of carbonyl (C=O) groups is 3. The van der Waals surface area contributed by atoms with Crippen LogP contribution in [-0.4, -0.2) is 41.2 Å². The first-order valence-corrected chi connectivity index (χ1v) is 12.6. The van der Waals surface area contributed by atoms with Crippen molar-refractivity contribution in [2.24, 2.45) is 10.2 Å². The Hall–Kier alpha value is -4.80. The number of amides is 3. The van der Waals surface area contributed by atoms with E-state index in [0.29, 0.717) is 64.5 Å². The van der Waals surface area contributed by atoms with E-state index in [1.54, 1.807) is 32.0 Å². The molecular formula is C28H30FN7O3. The summed E-state index contributed by atoms with van der Waals surface area (Å²) in [7, 11) is 0. The minimum Gasteiger partial charge on any atom is -0.397 e. The standard InChI is InChI=1S/C28H30FN7O3/c1-16-23(15-32-36-26-19-14-18(29)11-12-21(19)35-28(26)39)33-17(2)25(16)27(38)31-13-7-3-4-10-24(37)34-22-9-6-5-8-20(22)30/h5-6,8-9,11-12,14-15,33H,3-4,7,10,13,30H2,1-2H3,(H,31,38)(H,34,37)(H,35,36,39)/b32-15+. The van der Waals surface area contributed by atoms with Gasteiger partial charge in [0.05, 0.1) is 34.5 Å². The quantitative estimate of drug-likeness (QED) is 0.116. The van der Waals surface area contributed by atoms with Crippen molar-refractivity contribution < 1.29 is 18.8 Å². The first kappa shape index (κ1) is 27.2. The number of unbranched alkanes of at least 4 members (excludes halogenated alkanes) is 2. The van der Waals surface area contributed by atoms with E-state index in [1.807, 2.05) is 6.07 Å². The van der Waals surface area contributed by atoms with Crippen LogP contribution in [0.4, 0.5) is 21.5 Å². The molecule has 6 N–H and O–H groups in total. The number of para-hydroxylation sites is 2. The molecule has 0 aliphatic carbocycles. The van der Waals surface area contributed by atoms with Gasteiger partial charge < -0.3 is 26.7 Å². The number of carbonyl (C=O) groups excluding carboxylic acids is 3. The maximum absolute atomic E-state index is 13.6. The molecule has 0 saturated carbocycles. The van der Waals surface area contributed by atoms with Crippen LogP contribution in [0.2, 0.25) is 0 Å². The van der Waals surface area contributed by atoms with Crippen molar-refractivity contribution in [2.75, 3.05) is 22.9 Å². The van der Waals surface area contributed by atoms with Crippen LogP contribution >= 0.6 is 0 Å². The van der Waals surface area contributed by atoms with E-state index < -0.39 is 11.7 Å². The van der Waals surface area contributed by atoms with Gasteiger partial charge in [0.2, 0.25) is 5.91 Å². The number of nitrogens with zero attached hydrogens (tertiary/aromatic N) is 2. The molecule has 0 unspecified atom stereocenters. The van der Waals surface area contributed by atoms with Crippen LogP contribution in [0.5, 0.6) is 0 Å². The predicted octanol–water partition coefficient (Wildman–Crippen LogP) is 4.06. The van der Waals surface area contributed by atoms with E-state index in [-0.39, 0.29) is 17.5 Å². The van der Waals surface area contributed by atoms with E-state index in [1.165, 1.54) is 24.4 Å². The highest BCUT2D eigenvalue weighted by Crippen LogP contribution is 2.24. The topological polar surface area (TPSA) is 154 Å². The monoisotopic (exact) mass is 531 g/mol. The minimum absolute atomic E-state index is 0.0151. The Morgan fingerprint density at radius 2 is 1.90 bits per heavy atom. The predicted molar refractivity (Wildman–Crippen MR) is 150 cm³/mol. The normalized spacial score (nSPS) is 13.5. The van der Waals surface area contributed by atoms with Crippen molar-refractivity contribution in [1.82, 2.24) is 10.3 Å². The molecule has 10 nitrogen and oxygen atoms in total. The third kappa shape index (κ3) is 6.56. The molecule has 202 valence electrons. The summed E-state index contributed by atoms with van der Waals surface area (Å²) in [6, 6.07) is 11.1. The third-order valence-corrected chi connectivity index (χ3v) is 6.35. The molecule has 0 fully saturated rings. The molecule has 1 aromatic heterocycles. The van der Waals surface area contributed by atoms with Crippen LogP contribution in [-0.2, 0) is 9.59 Å². The summed E-state index contributed by atoms with van der Waals surface area (Å²) in [5.74, 6) is -1.26. The second kappa shape index (κ2) is 12.2. The van der Waals surface area contributed by atoms with Gasteiger partial charge in [-0.3, -0.25) is 14.4 Å². The van der Waals surface area contributed by atoms with Gasteiger partial charge in [0.15, 0.2) is 5.71 Å². The molecule has 4 rings (SSSR count). The first-order valence-electron chi connectivity index (χ1n) is 12.6. The lowest BCUT2D eigenvalue weighted by atomic mass is 10.1. The van der Waals surface area contributed by atoms with Gasteiger partial charge in [-0.15, -0.1) is 5.10 Å². The van der Waals surface area contributed by atoms with Crippen molar-refractivity contribution in [3.63, 3.8) is 0 Å². The summed E-state index contributed by atoms with van der Waals surface area (Å²) >= 11 is 0. The molecule has 2 aromatic carbocycles. The van der Waals surface area contributed by atoms with Crippen LogP contribution < -0.4 is 21.7 Å². The molecule has 3 aromatic rings. The summed E-state index contributed by atoms with van der Waals surface area (Å²) < 4.78 is 13.6. The lowest BCUT2D eigenvalue weighted by molar-refractivity contribution is -0.116. The van der Waals surface area contributed by atoms with E-state index >= 15 is 0 Å². The molecule has 0 spiro atoms. The van der Waals surface area contributed by atoms with Gasteiger partial charge in [0.1, 0.15) is 5.82 Å². The molecular weight excluding hydrogens is 501 g/mol. The Balaban J connectivity index is 1.26. The fourth-order valence-electron chi connectivity index (χ4n) is 4.31. The average molecular weight is 532 g/mol. The summed E-state index contributed by atoms with van der Waals surface area (Å²) in [5.41, 5.74) is 10.2. The molecule has 2 heterocycles.